The molecular formula is C22H13BrF7N5O2S. The zero-order chi connectivity index (χ0) is 28.2. The van der Waals surface area contributed by atoms with Gasteiger partial charge in [-0.05, 0) is 52.2 Å². The third kappa shape index (κ3) is 5.22. The van der Waals surface area contributed by atoms with Crippen molar-refractivity contribution in [2.45, 2.75) is 25.8 Å². The molecular weight excluding hydrogens is 611 g/mol. The highest BCUT2D eigenvalue weighted by atomic mass is 79.9. The lowest BCUT2D eigenvalue weighted by Crippen LogP contribution is -2.22. The summed E-state index contributed by atoms with van der Waals surface area (Å²) < 4.78 is 94.2. The lowest BCUT2D eigenvalue weighted by molar-refractivity contribution is -0.142. The Hall–Kier alpha value is -3.53. The Labute approximate surface area is 220 Å². The highest BCUT2D eigenvalue weighted by Crippen LogP contribution is 2.44. The van der Waals surface area contributed by atoms with Gasteiger partial charge < -0.3 is 11.1 Å². The Morgan fingerprint density at radius 2 is 1.74 bits per heavy atom. The van der Waals surface area contributed by atoms with E-state index in [1.54, 1.807) is 0 Å². The third-order valence-electron chi connectivity index (χ3n) is 5.29. The summed E-state index contributed by atoms with van der Waals surface area (Å²) in [6, 6.07) is 5.07. The maximum atomic E-state index is 13.6. The summed E-state index contributed by atoms with van der Waals surface area (Å²) in [5.41, 5.74) is 2.49. The van der Waals surface area contributed by atoms with E-state index in [0.717, 1.165) is 16.8 Å². The minimum Gasteiger partial charge on any atom is -0.365 e. The molecule has 4 rings (SSSR count). The molecule has 3 heterocycles. The van der Waals surface area contributed by atoms with Crippen LogP contribution in [0.5, 0.6) is 0 Å². The van der Waals surface area contributed by atoms with Crippen molar-refractivity contribution < 1.29 is 40.3 Å². The SMILES string of the molecule is Cc1c(Br)c(C(F)(F)F)nn1CC(=O)Nc1c(C(N)=O)sc2nc(C(F)(F)F)cc(-c3ccc(F)cc3)c12. The van der Waals surface area contributed by atoms with Gasteiger partial charge in [0.2, 0.25) is 5.91 Å². The van der Waals surface area contributed by atoms with Gasteiger partial charge in [0, 0.05) is 5.39 Å². The first kappa shape index (κ1) is 27.5. The maximum absolute atomic E-state index is 13.6. The van der Waals surface area contributed by atoms with Crippen LogP contribution in [0.4, 0.5) is 36.4 Å². The number of hydrogen-bond donors (Lipinski definition) is 2. The van der Waals surface area contributed by atoms with E-state index in [0.29, 0.717) is 17.4 Å². The number of halogens is 8. The topological polar surface area (TPSA) is 103 Å². The molecule has 0 fully saturated rings. The Morgan fingerprint density at radius 1 is 1.11 bits per heavy atom. The molecule has 0 aliphatic carbocycles. The minimum absolute atomic E-state index is 0.0266. The number of alkyl halides is 6. The number of aromatic nitrogens is 3. The van der Waals surface area contributed by atoms with Crippen LogP contribution < -0.4 is 11.1 Å². The van der Waals surface area contributed by atoms with Crippen molar-refractivity contribution >= 4 is 55.0 Å². The van der Waals surface area contributed by atoms with Gasteiger partial charge in [-0.2, -0.15) is 31.4 Å². The first-order valence-electron chi connectivity index (χ1n) is 10.3. The summed E-state index contributed by atoms with van der Waals surface area (Å²) in [5, 5.41) is 5.67. The maximum Gasteiger partial charge on any atom is 0.436 e. The van der Waals surface area contributed by atoms with Crippen LogP contribution in [0.2, 0.25) is 0 Å². The summed E-state index contributed by atoms with van der Waals surface area (Å²) in [6.45, 7) is 0.541. The second-order valence-corrected chi connectivity index (χ2v) is 9.65. The highest BCUT2D eigenvalue weighted by Gasteiger charge is 2.38. The van der Waals surface area contributed by atoms with Crippen molar-refractivity contribution in [3.05, 3.63) is 62.6 Å². The number of fused-ring (bicyclic) bond motifs is 1. The van der Waals surface area contributed by atoms with Crippen molar-refractivity contribution in [3.8, 4) is 11.1 Å². The van der Waals surface area contributed by atoms with E-state index in [4.69, 9.17) is 5.73 Å². The smallest absolute Gasteiger partial charge is 0.365 e. The van der Waals surface area contributed by atoms with E-state index in [1.165, 1.54) is 19.1 Å². The number of hydrogen-bond acceptors (Lipinski definition) is 5. The third-order valence-corrected chi connectivity index (χ3v) is 7.34. The summed E-state index contributed by atoms with van der Waals surface area (Å²) >= 11 is 3.27. The Kier molecular flexibility index (Phi) is 6.98. The van der Waals surface area contributed by atoms with E-state index in [1.807, 2.05) is 0 Å². The fourth-order valence-corrected chi connectivity index (χ4v) is 5.08. The molecule has 0 atom stereocenters. The normalized spacial score (nSPS) is 12.2. The average Bonchev–Trinajstić information content (AvgIpc) is 3.31. The van der Waals surface area contributed by atoms with Gasteiger partial charge in [0.1, 0.15) is 27.8 Å². The number of primary amides is 1. The van der Waals surface area contributed by atoms with Crippen LogP contribution in [0.15, 0.2) is 34.8 Å². The molecule has 0 saturated carbocycles. The zero-order valence-electron chi connectivity index (χ0n) is 18.8. The number of carbonyl (C=O) groups excluding carboxylic acids is 2. The van der Waals surface area contributed by atoms with Gasteiger partial charge in [-0.1, -0.05) is 12.1 Å². The fraction of sp³-hybridized carbons (Fsp3) is 0.182. The first-order valence-corrected chi connectivity index (χ1v) is 11.9. The lowest BCUT2D eigenvalue weighted by Gasteiger charge is -2.13. The number of anilines is 1. The van der Waals surface area contributed by atoms with Gasteiger partial charge >= 0.3 is 12.4 Å². The molecule has 200 valence electrons. The molecule has 2 amide bonds. The largest absolute Gasteiger partial charge is 0.436 e. The van der Waals surface area contributed by atoms with E-state index in [-0.39, 0.29) is 42.1 Å². The van der Waals surface area contributed by atoms with Crippen molar-refractivity contribution in [1.29, 1.82) is 0 Å². The molecule has 0 saturated heterocycles. The Bertz CT molecular complexity index is 1580. The number of nitrogens with zero attached hydrogens (tertiary/aromatic N) is 3. The molecule has 38 heavy (non-hydrogen) atoms. The van der Waals surface area contributed by atoms with E-state index < -0.39 is 47.9 Å². The van der Waals surface area contributed by atoms with E-state index in [9.17, 15) is 40.3 Å². The van der Waals surface area contributed by atoms with E-state index >= 15 is 0 Å². The number of carbonyl (C=O) groups is 2. The van der Waals surface area contributed by atoms with Gasteiger partial charge in [0.05, 0.1) is 15.9 Å². The Morgan fingerprint density at radius 3 is 2.26 bits per heavy atom. The van der Waals surface area contributed by atoms with Gasteiger partial charge in [0.25, 0.3) is 5.91 Å². The van der Waals surface area contributed by atoms with Crippen molar-refractivity contribution in [2.75, 3.05) is 5.32 Å². The summed E-state index contributed by atoms with van der Waals surface area (Å²) in [7, 11) is 0. The lowest BCUT2D eigenvalue weighted by atomic mass is 10.0. The van der Waals surface area contributed by atoms with Gasteiger partial charge in [-0.25, -0.2) is 9.37 Å². The summed E-state index contributed by atoms with van der Waals surface area (Å²) in [4.78, 5) is 27.9. The second-order valence-electron chi connectivity index (χ2n) is 7.86. The minimum atomic E-state index is -4.88. The molecule has 3 aromatic heterocycles. The second kappa shape index (κ2) is 9.65. The Balaban J connectivity index is 1.85. The van der Waals surface area contributed by atoms with Gasteiger partial charge in [-0.3, -0.25) is 14.3 Å². The molecule has 0 spiro atoms. The number of nitrogens with one attached hydrogen (secondary N) is 1. The molecule has 16 heteroatoms. The van der Waals surface area contributed by atoms with E-state index in [2.05, 4.69) is 31.3 Å². The van der Waals surface area contributed by atoms with Crippen LogP contribution in [-0.2, 0) is 23.7 Å². The first-order chi connectivity index (χ1) is 17.6. The molecule has 0 aliphatic heterocycles. The predicted octanol–water partition coefficient (Wildman–Crippen LogP) is 6.15. The fourth-order valence-electron chi connectivity index (χ4n) is 3.57. The summed E-state index contributed by atoms with van der Waals surface area (Å²) in [6.07, 6.45) is -9.69. The zero-order valence-corrected chi connectivity index (χ0v) is 21.2. The average molecular weight is 624 g/mol. The number of nitrogens with two attached hydrogens (primary N) is 1. The molecule has 4 aromatic rings. The number of rotatable bonds is 5. The number of pyridine rings is 1. The van der Waals surface area contributed by atoms with Crippen LogP contribution in [0.25, 0.3) is 21.3 Å². The number of amides is 2. The molecule has 0 unspecified atom stereocenters. The predicted molar refractivity (Wildman–Crippen MR) is 127 cm³/mol. The molecule has 3 N–H and O–H groups in total. The molecule has 0 radical (unpaired) electrons. The van der Waals surface area contributed by atoms with Crippen molar-refractivity contribution in [2.24, 2.45) is 5.73 Å². The van der Waals surface area contributed by atoms with Gasteiger partial charge in [0.15, 0.2) is 5.69 Å². The van der Waals surface area contributed by atoms with Crippen LogP contribution >= 0.6 is 27.3 Å². The molecule has 7 nitrogen and oxygen atoms in total. The number of thiophene rings is 1. The number of benzene rings is 1. The highest BCUT2D eigenvalue weighted by molar-refractivity contribution is 9.10. The standard InChI is InChI=1S/C22H13BrF7N5O2S/c1-8-15(23)18(22(28,29)30)34-35(8)7-13(36)33-16-14-11(9-2-4-10(24)5-3-9)6-12(21(25,26)27)32-20(14)38-17(16)19(31)37/h2-6H,7H2,1H3,(H2,31,37)(H,33,36). The van der Waals surface area contributed by atoms with Crippen molar-refractivity contribution in [3.63, 3.8) is 0 Å². The molecule has 1 aromatic carbocycles. The summed E-state index contributed by atoms with van der Waals surface area (Å²) in [5.74, 6) is -2.71. The van der Waals surface area contributed by atoms with Crippen molar-refractivity contribution in [1.82, 2.24) is 14.8 Å². The van der Waals surface area contributed by atoms with Crippen LogP contribution in [0, 0.1) is 12.7 Å². The monoisotopic (exact) mass is 623 g/mol. The van der Waals surface area contributed by atoms with Gasteiger partial charge in [-0.15, -0.1) is 11.3 Å². The van der Waals surface area contributed by atoms with Crippen LogP contribution in [0.3, 0.4) is 0 Å². The molecule has 0 aliphatic rings. The van der Waals surface area contributed by atoms with Crippen LogP contribution in [0.1, 0.15) is 26.8 Å². The molecule has 0 bridgehead atoms. The quantitative estimate of drug-likeness (QED) is 0.260. The van der Waals surface area contributed by atoms with Crippen LogP contribution in [-0.4, -0.2) is 26.6 Å².